The molecule has 1 amide bonds. The van der Waals surface area contributed by atoms with Gasteiger partial charge in [0.1, 0.15) is 12.0 Å². The van der Waals surface area contributed by atoms with Crippen LogP contribution in [0.5, 0.6) is 0 Å². The molecular weight excluding hydrogens is 259 g/mol. The highest BCUT2D eigenvalue weighted by Gasteiger charge is 2.33. The summed E-state index contributed by atoms with van der Waals surface area (Å²) in [4.78, 5) is 13.9. The molecule has 2 aliphatic rings. The smallest absolute Gasteiger partial charge is 0.238 e. The van der Waals surface area contributed by atoms with E-state index in [4.69, 9.17) is 4.74 Å². The molecule has 0 aliphatic carbocycles. The molecule has 20 heavy (non-hydrogen) atoms. The predicted octanol–water partition coefficient (Wildman–Crippen LogP) is 1.68. The van der Waals surface area contributed by atoms with Crippen molar-refractivity contribution < 1.29 is 13.9 Å². The van der Waals surface area contributed by atoms with Crippen molar-refractivity contribution in [3.8, 4) is 0 Å². The average Bonchev–Trinajstić information content (AvgIpc) is 2.82. The number of carbonyl (C=O) groups is 1. The van der Waals surface area contributed by atoms with E-state index >= 15 is 0 Å². The van der Waals surface area contributed by atoms with Gasteiger partial charge in [0.05, 0.1) is 6.54 Å². The molecule has 2 fully saturated rings. The molecule has 1 atom stereocenters. The zero-order valence-corrected chi connectivity index (χ0v) is 11.3. The number of halogens is 1. The van der Waals surface area contributed by atoms with Crippen LogP contribution in [0.1, 0.15) is 24.6 Å². The molecule has 5 heteroatoms. The standard InChI is InChI=1S/C15H19FN2O2/c16-13-3-1-2-12(8-13)15-17-9-14(19)18(15)10-11-4-6-20-7-5-11/h1-3,8,11,15,17H,4-7,9-10H2. The van der Waals surface area contributed by atoms with Gasteiger partial charge < -0.3 is 9.64 Å². The van der Waals surface area contributed by atoms with E-state index < -0.39 is 0 Å². The van der Waals surface area contributed by atoms with Crippen LogP contribution >= 0.6 is 0 Å². The highest BCUT2D eigenvalue weighted by Crippen LogP contribution is 2.26. The Morgan fingerprint density at radius 3 is 2.90 bits per heavy atom. The van der Waals surface area contributed by atoms with Gasteiger partial charge >= 0.3 is 0 Å². The summed E-state index contributed by atoms with van der Waals surface area (Å²) < 4.78 is 18.7. The first kappa shape index (κ1) is 13.5. The lowest BCUT2D eigenvalue weighted by Crippen LogP contribution is -2.36. The molecule has 1 unspecified atom stereocenters. The molecule has 2 saturated heterocycles. The van der Waals surface area contributed by atoms with E-state index in [2.05, 4.69) is 5.32 Å². The number of hydrogen-bond donors (Lipinski definition) is 1. The van der Waals surface area contributed by atoms with Gasteiger partial charge in [0.25, 0.3) is 0 Å². The Hall–Kier alpha value is -1.46. The Labute approximate surface area is 117 Å². The van der Waals surface area contributed by atoms with Crippen LogP contribution in [0.2, 0.25) is 0 Å². The van der Waals surface area contributed by atoms with Crippen LogP contribution in [0, 0.1) is 11.7 Å². The zero-order chi connectivity index (χ0) is 13.9. The SMILES string of the molecule is O=C1CNC(c2cccc(F)c2)N1CC1CCOCC1. The van der Waals surface area contributed by atoms with Gasteiger partial charge in [0, 0.05) is 19.8 Å². The first-order valence-corrected chi connectivity index (χ1v) is 7.10. The van der Waals surface area contributed by atoms with Crippen molar-refractivity contribution in [1.29, 1.82) is 0 Å². The number of nitrogens with zero attached hydrogens (tertiary/aromatic N) is 1. The number of rotatable bonds is 3. The molecule has 4 nitrogen and oxygen atoms in total. The molecule has 0 bridgehead atoms. The molecule has 3 rings (SSSR count). The van der Waals surface area contributed by atoms with Gasteiger partial charge in [0.2, 0.25) is 5.91 Å². The summed E-state index contributed by atoms with van der Waals surface area (Å²) >= 11 is 0. The third-order valence-electron chi connectivity index (χ3n) is 4.04. The van der Waals surface area contributed by atoms with Crippen LogP contribution in [-0.4, -0.2) is 37.1 Å². The Bertz CT molecular complexity index is 489. The fourth-order valence-corrected chi connectivity index (χ4v) is 2.93. The zero-order valence-electron chi connectivity index (χ0n) is 11.3. The molecule has 0 spiro atoms. The topological polar surface area (TPSA) is 41.6 Å². The fourth-order valence-electron chi connectivity index (χ4n) is 2.93. The van der Waals surface area contributed by atoms with Gasteiger partial charge in [-0.3, -0.25) is 10.1 Å². The molecule has 2 aliphatic heterocycles. The van der Waals surface area contributed by atoms with Crippen molar-refractivity contribution in [2.24, 2.45) is 5.92 Å². The molecule has 1 aromatic rings. The van der Waals surface area contributed by atoms with Crippen LogP contribution in [0.3, 0.4) is 0 Å². The molecule has 2 heterocycles. The van der Waals surface area contributed by atoms with Crippen molar-refractivity contribution >= 4 is 5.91 Å². The van der Waals surface area contributed by atoms with E-state index in [-0.39, 0.29) is 17.9 Å². The van der Waals surface area contributed by atoms with Gasteiger partial charge in [-0.1, -0.05) is 12.1 Å². The van der Waals surface area contributed by atoms with E-state index in [1.807, 2.05) is 11.0 Å². The summed E-state index contributed by atoms with van der Waals surface area (Å²) in [5, 5.41) is 3.17. The van der Waals surface area contributed by atoms with E-state index in [1.165, 1.54) is 12.1 Å². The molecule has 1 N–H and O–H groups in total. The first-order valence-electron chi connectivity index (χ1n) is 7.10. The van der Waals surface area contributed by atoms with Crippen molar-refractivity contribution in [3.05, 3.63) is 35.6 Å². The van der Waals surface area contributed by atoms with Gasteiger partial charge in [0.15, 0.2) is 0 Å². The van der Waals surface area contributed by atoms with Crippen LogP contribution in [0.4, 0.5) is 4.39 Å². The van der Waals surface area contributed by atoms with Crippen LogP contribution in [0.15, 0.2) is 24.3 Å². The Kier molecular flexibility index (Phi) is 3.98. The van der Waals surface area contributed by atoms with E-state index in [1.54, 1.807) is 6.07 Å². The fraction of sp³-hybridized carbons (Fsp3) is 0.533. The van der Waals surface area contributed by atoms with Crippen molar-refractivity contribution in [2.75, 3.05) is 26.3 Å². The summed E-state index contributed by atoms with van der Waals surface area (Å²) in [6, 6.07) is 6.45. The van der Waals surface area contributed by atoms with Gasteiger partial charge in [-0.2, -0.15) is 0 Å². The number of hydrogen-bond acceptors (Lipinski definition) is 3. The maximum atomic E-state index is 13.4. The Morgan fingerprint density at radius 1 is 1.35 bits per heavy atom. The third-order valence-corrected chi connectivity index (χ3v) is 4.04. The lowest BCUT2D eigenvalue weighted by Gasteiger charge is -2.30. The maximum Gasteiger partial charge on any atom is 0.238 e. The predicted molar refractivity (Wildman–Crippen MR) is 72.4 cm³/mol. The normalized spacial score (nSPS) is 24.4. The lowest BCUT2D eigenvalue weighted by molar-refractivity contribution is -0.129. The Balaban J connectivity index is 1.74. The number of carbonyl (C=O) groups excluding carboxylic acids is 1. The summed E-state index contributed by atoms with van der Waals surface area (Å²) in [6.45, 7) is 2.58. The summed E-state index contributed by atoms with van der Waals surface area (Å²) in [7, 11) is 0. The van der Waals surface area contributed by atoms with Crippen molar-refractivity contribution in [3.63, 3.8) is 0 Å². The summed E-state index contributed by atoms with van der Waals surface area (Å²) in [6.07, 6.45) is 1.76. The Morgan fingerprint density at radius 2 is 2.15 bits per heavy atom. The van der Waals surface area contributed by atoms with Crippen molar-refractivity contribution in [2.45, 2.75) is 19.0 Å². The number of amides is 1. The summed E-state index contributed by atoms with van der Waals surface area (Å²) in [5.41, 5.74) is 0.808. The molecule has 0 radical (unpaired) electrons. The largest absolute Gasteiger partial charge is 0.381 e. The highest BCUT2D eigenvalue weighted by molar-refractivity contribution is 5.81. The molecular formula is C15H19FN2O2. The minimum absolute atomic E-state index is 0.0887. The molecule has 0 aromatic heterocycles. The highest BCUT2D eigenvalue weighted by atomic mass is 19.1. The second-order valence-corrected chi connectivity index (χ2v) is 5.44. The van der Waals surface area contributed by atoms with Crippen LogP contribution in [-0.2, 0) is 9.53 Å². The number of ether oxygens (including phenoxy) is 1. The quantitative estimate of drug-likeness (QED) is 0.914. The maximum absolute atomic E-state index is 13.4. The van der Waals surface area contributed by atoms with Gasteiger partial charge in [-0.25, -0.2) is 4.39 Å². The average molecular weight is 278 g/mol. The van der Waals surface area contributed by atoms with E-state index in [0.29, 0.717) is 12.5 Å². The number of nitrogens with one attached hydrogen (secondary N) is 1. The van der Waals surface area contributed by atoms with E-state index in [0.717, 1.165) is 38.2 Å². The minimum Gasteiger partial charge on any atom is -0.381 e. The first-order chi connectivity index (χ1) is 9.74. The molecule has 0 saturated carbocycles. The summed E-state index contributed by atoms with van der Waals surface area (Å²) in [5.74, 6) is 0.295. The van der Waals surface area contributed by atoms with E-state index in [9.17, 15) is 9.18 Å². The minimum atomic E-state index is -0.269. The van der Waals surface area contributed by atoms with Crippen LogP contribution in [0.25, 0.3) is 0 Å². The molecule has 1 aromatic carbocycles. The van der Waals surface area contributed by atoms with Crippen molar-refractivity contribution in [1.82, 2.24) is 10.2 Å². The monoisotopic (exact) mass is 278 g/mol. The third kappa shape index (κ3) is 2.83. The van der Waals surface area contributed by atoms with Gasteiger partial charge in [-0.15, -0.1) is 0 Å². The second-order valence-electron chi connectivity index (χ2n) is 5.44. The second kappa shape index (κ2) is 5.89. The molecule has 108 valence electrons. The van der Waals surface area contributed by atoms with Gasteiger partial charge in [-0.05, 0) is 36.5 Å². The van der Waals surface area contributed by atoms with Crippen LogP contribution < -0.4 is 5.32 Å². The lowest BCUT2D eigenvalue weighted by atomic mass is 9.99. The number of benzene rings is 1.